The minimum absolute atomic E-state index is 0.0966. The third-order valence-corrected chi connectivity index (χ3v) is 6.18. The van der Waals surface area contributed by atoms with Crippen molar-refractivity contribution >= 4 is 45.2 Å². The Kier molecular flexibility index (Phi) is 7.79. The monoisotopic (exact) mass is 642 g/mol. The van der Waals surface area contributed by atoms with E-state index in [1.54, 1.807) is 0 Å². The van der Waals surface area contributed by atoms with E-state index in [4.69, 9.17) is 0 Å². The predicted octanol–water partition coefficient (Wildman–Crippen LogP) is 9.10. The molecule has 0 N–H and O–H groups in total. The Bertz CT molecular complexity index is 1140. The van der Waals surface area contributed by atoms with E-state index < -0.39 is 0 Å². The second-order valence-corrected chi connectivity index (χ2v) is 11.1. The minimum Gasteiger partial charge on any atom is -0.0578 e. The van der Waals surface area contributed by atoms with Crippen LogP contribution in [0.15, 0.2) is 60.7 Å². The molecule has 0 unspecified atom stereocenters. The molecule has 0 spiro atoms. The first-order valence-electron chi connectivity index (χ1n) is 10.7. The van der Waals surface area contributed by atoms with Gasteiger partial charge in [-0.1, -0.05) is 102 Å². The number of halogens is 2. The first-order chi connectivity index (χ1) is 15.0. The molecule has 0 saturated heterocycles. The van der Waals surface area contributed by atoms with Gasteiger partial charge in [0.05, 0.1) is 0 Å². The SMILES string of the molecule is CC(C)(C)c1ccc(-c2ccc(-c3ccc(C(C)(C)C)cc3C#CI)cc2)c(C#CI)c1. The second-order valence-electron chi connectivity index (χ2n) is 10.0. The summed E-state index contributed by atoms with van der Waals surface area (Å²) in [6.45, 7) is 13.4. The number of hydrogen-bond donors (Lipinski definition) is 0. The zero-order valence-electron chi connectivity index (χ0n) is 19.5. The molecule has 3 aromatic carbocycles. The zero-order valence-corrected chi connectivity index (χ0v) is 23.8. The van der Waals surface area contributed by atoms with Crippen molar-refractivity contribution in [1.82, 2.24) is 0 Å². The standard InChI is InChI=1S/C30H28I2/c1-29(2,3)25-11-13-27(23(19-25)15-17-31)21-7-9-22(10-8-21)28-14-12-26(30(4,5)6)20-24(28)16-18-32/h7-14,19-20H,1-6H3. The molecule has 32 heavy (non-hydrogen) atoms. The van der Waals surface area contributed by atoms with E-state index in [0.29, 0.717) is 0 Å². The van der Waals surface area contributed by atoms with Crippen molar-refractivity contribution in [3.05, 3.63) is 82.9 Å². The van der Waals surface area contributed by atoms with Gasteiger partial charge < -0.3 is 0 Å². The summed E-state index contributed by atoms with van der Waals surface area (Å²) in [6.07, 6.45) is 0. The summed E-state index contributed by atoms with van der Waals surface area (Å²) in [6, 6.07) is 22.1. The Labute approximate surface area is 220 Å². The topological polar surface area (TPSA) is 0 Å². The van der Waals surface area contributed by atoms with Crippen LogP contribution in [0.3, 0.4) is 0 Å². The molecule has 0 fully saturated rings. The van der Waals surface area contributed by atoms with Crippen LogP contribution in [0.2, 0.25) is 0 Å². The normalized spacial score (nSPS) is 11.2. The fourth-order valence-electron chi connectivity index (χ4n) is 3.66. The molecule has 0 amide bonds. The third kappa shape index (κ3) is 5.77. The lowest BCUT2D eigenvalue weighted by Crippen LogP contribution is -2.11. The molecular formula is C30H28I2. The molecule has 0 atom stereocenters. The number of hydrogen-bond acceptors (Lipinski definition) is 0. The Balaban J connectivity index is 2.05. The largest absolute Gasteiger partial charge is 0.0578 e. The first-order valence-corrected chi connectivity index (χ1v) is 12.8. The van der Waals surface area contributed by atoms with E-state index in [9.17, 15) is 0 Å². The summed E-state index contributed by atoms with van der Waals surface area (Å²) in [5.74, 6) is 6.59. The average molecular weight is 642 g/mol. The highest BCUT2D eigenvalue weighted by Gasteiger charge is 2.17. The van der Waals surface area contributed by atoms with Crippen LogP contribution >= 0.6 is 45.2 Å². The van der Waals surface area contributed by atoms with Crippen molar-refractivity contribution < 1.29 is 0 Å². The highest BCUT2D eigenvalue weighted by molar-refractivity contribution is 14.1. The van der Waals surface area contributed by atoms with Crippen molar-refractivity contribution in [3.8, 4) is 41.9 Å². The molecule has 162 valence electrons. The van der Waals surface area contributed by atoms with Crippen LogP contribution in [0.1, 0.15) is 63.8 Å². The first kappa shape index (κ1) is 24.9. The molecule has 3 aromatic rings. The van der Waals surface area contributed by atoms with Gasteiger partial charge in [0, 0.05) is 56.3 Å². The van der Waals surface area contributed by atoms with Gasteiger partial charge in [0.1, 0.15) is 0 Å². The highest BCUT2D eigenvalue weighted by atomic mass is 127. The summed E-state index contributed by atoms with van der Waals surface area (Å²) < 4.78 is 6.11. The van der Waals surface area contributed by atoms with Crippen LogP contribution < -0.4 is 0 Å². The van der Waals surface area contributed by atoms with Crippen LogP contribution in [0, 0.1) is 19.7 Å². The van der Waals surface area contributed by atoms with E-state index in [2.05, 4.69) is 167 Å². The lowest BCUT2D eigenvalue weighted by atomic mass is 9.83. The molecule has 0 aromatic heterocycles. The van der Waals surface area contributed by atoms with Crippen LogP contribution in [0.25, 0.3) is 22.3 Å². The number of benzene rings is 3. The third-order valence-electron chi connectivity index (χ3n) is 5.64. The van der Waals surface area contributed by atoms with Crippen LogP contribution in [0.5, 0.6) is 0 Å². The summed E-state index contributed by atoms with van der Waals surface area (Å²) in [7, 11) is 0. The molecule has 0 aliphatic heterocycles. The van der Waals surface area contributed by atoms with Gasteiger partial charge in [-0.2, -0.15) is 0 Å². The van der Waals surface area contributed by atoms with Gasteiger partial charge in [-0.3, -0.25) is 0 Å². The molecule has 0 radical (unpaired) electrons. The van der Waals surface area contributed by atoms with Crippen molar-refractivity contribution in [2.24, 2.45) is 0 Å². The summed E-state index contributed by atoms with van der Waals surface area (Å²) in [4.78, 5) is 0. The Morgan fingerprint density at radius 1 is 0.531 bits per heavy atom. The summed E-state index contributed by atoms with van der Waals surface area (Å²) in [5, 5.41) is 0. The molecule has 0 aliphatic rings. The van der Waals surface area contributed by atoms with E-state index in [1.165, 1.54) is 33.4 Å². The summed E-state index contributed by atoms with van der Waals surface area (Å²) >= 11 is 4.23. The lowest BCUT2D eigenvalue weighted by Gasteiger charge is -2.21. The molecule has 3 rings (SSSR count). The molecule has 0 bridgehead atoms. The molecular weight excluding hydrogens is 614 g/mol. The quantitative estimate of drug-likeness (QED) is 0.193. The van der Waals surface area contributed by atoms with E-state index in [1.807, 2.05) is 0 Å². The smallest absolute Gasteiger partial charge is 0.0334 e. The number of rotatable bonds is 2. The average Bonchev–Trinajstić information content (AvgIpc) is 2.73. The zero-order chi connectivity index (χ0) is 23.5. The van der Waals surface area contributed by atoms with Crippen LogP contribution in [0.4, 0.5) is 0 Å². The van der Waals surface area contributed by atoms with Crippen LogP contribution in [-0.4, -0.2) is 0 Å². The minimum atomic E-state index is 0.0966. The maximum atomic E-state index is 3.30. The van der Waals surface area contributed by atoms with E-state index in [-0.39, 0.29) is 10.8 Å². The van der Waals surface area contributed by atoms with Crippen molar-refractivity contribution in [2.45, 2.75) is 52.4 Å². The van der Waals surface area contributed by atoms with E-state index in [0.717, 1.165) is 11.1 Å². The van der Waals surface area contributed by atoms with Crippen LogP contribution in [-0.2, 0) is 10.8 Å². The Hall–Kier alpha value is -1.76. The van der Waals surface area contributed by atoms with Gasteiger partial charge in [0.2, 0.25) is 0 Å². The maximum Gasteiger partial charge on any atom is 0.0334 e. The molecule has 0 saturated carbocycles. The molecule has 0 heterocycles. The van der Waals surface area contributed by atoms with Gasteiger partial charge in [-0.15, -0.1) is 0 Å². The molecule has 2 heteroatoms. The van der Waals surface area contributed by atoms with Gasteiger partial charge in [0.15, 0.2) is 0 Å². The van der Waals surface area contributed by atoms with Crippen molar-refractivity contribution in [2.75, 3.05) is 0 Å². The fraction of sp³-hybridized carbons (Fsp3) is 0.267. The highest BCUT2D eigenvalue weighted by Crippen LogP contribution is 2.33. The fourth-order valence-corrected chi connectivity index (χ4v) is 4.24. The van der Waals surface area contributed by atoms with Gasteiger partial charge in [-0.25, -0.2) is 0 Å². The predicted molar refractivity (Wildman–Crippen MR) is 157 cm³/mol. The second kappa shape index (κ2) is 10.0. The van der Waals surface area contributed by atoms with Gasteiger partial charge in [0.25, 0.3) is 0 Å². The summed E-state index contributed by atoms with van der Waals surface area (Å²) in [5.41, 5.74) is 9.64. The van der Waals surface area contributed by atoms with Crippen molar-refractivity contribution in [3.63, 3.8) is 0 Å². The van der Waals surface area contributed by atoms with Gasteiger partial charge in [-0.05, 0) is 64.2 Å². The maximum absolute atomic E-state index is 3.30. The van der Waals surface area contributed by atoms with E-state index >= 15 is 0 Å². The Morgan fingerprint density at radius 2 is 0.875 bits per heavy atom. The lowest BCUT2D eigenvalue weighted by molar-refractivity contribution is 0.590. The van der Waals surface area contributed by atoms with Gasteiger partial charge >= 0.3 is 0 Å². The Morgan fingerprint density at radius 3 is 1.16 bits per heavy atom. The molecule has 0 aliphatic carbocycles. The van der Waals surface area contributed by atoms with Crippen molar-refractivity contribution in [1.29, 1.82) is 0 Å². The molecule has 0 nitrogen and oxygen atoms in total.